The van der Waals surface area contributed by atoms with E-state index in [4.69, 9.17) is 32.7 Å². The number of carbonyl (C=O) groups is 3. The summed E-state index contributed by atoms with van der Waals surface area (Å²) >= 11 is 12.9. The van der Waals surface area contributed by atoms with Crippen molar-refractivity contribution in [3.63, 3.8) is 0 Å². The smallest absolute Gasteiger partial charge is 0.329 e. The van der Waals surface area contributed by atoms with E-state index in [0.29, 0.717) is 40.5 Å². The molecule has 5 aliphatic rings. The van der Waals surface area contributed by atoms with Gasteiger partial charge in [0.15, 0.2) is 5.75 Å². The molecular weight excluding hydrogens is 517 g/mol. The Bertz CT molecular complexity index is 1250. The van der Waals surface area contributed by atoms with Gasteiger partial charge in [0.25, 0.3) is 5.91 Å². The lowest BCUT2D eigenvalue weighted by Crippen LogP contribution is -2.59. The van der Waals surface area contributed by atoms with E-state index < -0.39 is 11.9 Å². The Morgan fingerprint density at radius 3 is 2.19 bits per heavy atom. The summed E-state index contributed by atoms with van der Waals surface area (Å²) in [6, 6.07) is 7.45. The monoisotopic (exact) mass is 543 g/mol. The third-order valence-corrected chi connectivity index (χ3v) is 8.70. The second kappa shape index (κ2) is 9.10. The summed E-state index contributed by atoms with van der Waals surface area (Å²) < 4.78 is 11.5. The minimum absolute atomic E-state index is 0.119. The molecule has 1 saturated heterocycles. The van der Waals surface area contributed by atoms with Crippen molar-refractivity contribution < 1.29 is 23.9 Å². The molecule has 2 aromatic carbocycles. The fourth-order valence-electron chi connectivity index (χ4n) is 7.07. The SMILES string of the molecule is COc1ccc(Oc2c(Cl)cc(N3CC(=O)NC3=O)cc2Cl)cc1C(=O)NC12CC3CC(CC(C3)C1)C2. The predicted molar refractivity (Wildman–Crippen MR) is 139 cm³/mol. The highest BCUT2D eigenvalue weighted by molar-refractivity contribution is 6.38. The zero-order valence-electron chi connectivity index (χ0n) is 20.3. The van der Waals surface area contributed by atoms with Crippen molar-refractivity contribution in [3.8, 4) is 17.2 Å². The van der Waals surface area contributed by atoms with E-state index in [1.807, 2.05) is 0 Å². The number of rotatable bonds is 6. The lowest BCUT2D eigenvalue weighted by Gasteiger charge is -2.56. The molecule has 1 heterocycles. The van der Waals surface area contributed by atoms with Gasteiger partial charge in [-0.05, 0) is 86.6 Å². The number of nitrogens with zero attached hydrogens (tertiary/aromatic N) is 1. The van der Waals surface area contributed by atoms with Gasteiger partial charge in [-0.15, -0.1) is 0 Å². The maximum Gasteiger partial charge on any atom is 0.329 e. The van der Waals surface area contributed by atoms with Crippen molar-refractivity contribution in [2.75, 3.05) is 18.6 Å². The summed E-state index contributed by atoms with van der Waals surface area (Å²) in [6.45, 7) is -0.119. The van der Waals surface area contributed by atoms with Crippen LogP contribution in [-0.2, 0) is 4.79 Å². The van der Waals surface area contributed by atoms with Crippen molar-refractivity contribution in [2.24, 2.45) is 17.8 Å². The fraction of sp³-hybridized carbons (Fsp3) is 0.444. The molecule has 0 radical (unpaired) electrons. The first-order valence-electron chi connectivity index (χ1n) is 12.5. The van der Waals surface area contributed by atoms with Crippen LogP contribution in [0.4, 0.5) is 10.5 Å². The maximum atomic E-state index is 13.5. The van der Waals surface area contributed by atoms with Gasteiger partial charge in [-0.1, -0.05) is 23.2 Å². The van der Waals surface area contributed by atoms with Crippen LogP contribution in [0, 0.1) is 17.8 Å². The van der Waals surface area contributed by atoms with E-state index in [9.17, 15) is 14.4 Å². The molecule has 37 heavy (non-hydrogen) atoms. The molecule has 4 aliphatic carbocycles. The summed E-state index contributed by atoms with van der Waals surface area (Å²) in [5.41, 5.74) is 0.613. The first-order chi connectivity index (χ1) is 17.7. The average molecular weight is 544 g/mol. The number of benzene rings is 2. The van der Waals surface area contributed by atoms with Gasteiger partial charge < -0.3 is 14.8 Å². The number of carbonyl (C=O) groups excluding carboxylic acids is 3. The van der Waals surface area contributed by atoms with Crippen LogP contribution in [0.25, 0.3) is 0 Å². The molecule has 0 aromatic heterocycles. The molecule has 4 saturated carbocycles. The first kappa shape index (κ1) is 24.4. The van der Waals surface area contributed by atoms with Gasteiger partial charge >= 0.3 is 6.03 Å². The Morgan fingerprint density at radius 1 is 1.03 bits per heavy atom. The van der Waals surface area contributed by atoms with Crippen LogP contribution in [0.2, 0.25) is 10.0 Å². The van der Waals surface area contributed by atoms with Crippen molar-refractivity contribution in [3.05, 3.63) is 45.9 Å². The molecule has 0 atom stereocenters. The number of halogens is 2. The summed E-state index contributed by atoms with van der Waals surface area (Å²) in [7, 11) is 1.53. The van der Waals surface area contributed by atoms with Crippen molar-refractivity contribution in [1.82, 2.24) is 10.6 Å². The van der Waals surface area contributed by atoms with E-state index in [1.165, 1.54) is 43.4 Å². The average Bonchev–Trinajstić information content (AvgIpc) is 3.17. The lowest BCUT2D eigenvalue weighted by molar-refractivity contribution is -0.117. The maximum absolute atomic E-state index is 13.5. The molecule has 4 amide bonds. The molecule has 8 nitrogen and oxygen atoms in total. The molecule has 0 spiro atoms. The minimum atomic E-state index is -0.546. The Hall–Kier alpha value is -2.97. The molecule has 194 valence electrons. The zero-order chi connectivity index (χ0) is 25.9. The van der Waals surface area contributed by atoms with Crippen LogP contribution in [-0.4, -0.2) is 37.0 Å². The Labute approximate surface area is 224 Å². The Morgan fingerprint density at radius 2 is 1.65 bits per heavy atom. The largest absolute Gasteiger partial charge is 0.496 e. The number of methoxy groups -OCH3 is 1. The van der Waals surface area contributed by atoms with Gasteiger partial charge in [0.05, 0.1) is 22.7 Å². The summed E-state index contributed by atoms with van der Waals surface area (Å²) in [5.74, 6) is 2.53. The summed E-state index contributed by atoms with van der Waals surface area (Å²) in [6.07, 6.45) is 7.01. The molecule has 1 aliphatic heterocycles. The van der Waals surface area contributed by atoms with Crippen molar-refractivity contribution in [1.29, 1.82) is 0 Å². The third-order valence-electron chi connectivity index (χ3n) is 8.14. The molecule has 5 fully saturated rings. The minimum Gasteiger partial charge on any atom is -0.496 e. The highest BCUT2D eigenvalue weighted by Crippen LogP contribution is 2.55. The number of anilines is 1. The Kier molecular flexibility index (Phi) is 5.99. The topological polar surface area (TPSA) is 97.0 Å². The van der Waals surface area contributed by atoms with Gasteiger partial charge in [-0.25, -0.2) is 4.79 Å². The van der Waals surface area contributed by atoms with Crippen molar-refractivity contribution >= 4 is 46.7 Å². The molecule has 10 heteroatoms. The highest BCUT2D eigenvalue weighted by Gasteiger charge is 2.51. The number of urea groups is 1. The molecule has 7 rings (SSSR count). The van der Waals surface area contributed by atoms with E-state index >= 15 is 0 Å². The Balaban J connectivity index is 1.24. The number of amides is 4. The van der Waals surface area contributed by atoms with Gasteiger partial charge in [-0.3, -0.25) is 19.8 Å². The second-order valence-corrected chi connectivity index (χ2v) is 11.6. The van der Waals surface area contributed by atoms with Crippen LogP contribution in [0.3, 0.4) is 0 Å². The number of ether oxygens (including phenoxy) is 2. The number of nitrogens with one attached hydrogen (secondary N) is 2. The number of hydrogen-bond acceptors (Lipinski definition) is 5. The van der Waals surface area contributed by atoms with Gasteiger partial charge in [0, 0.05) is 11.2 Å². The van der Waals surface area contributed by atoms with Gasteiger partial charge in [0.2, 0.25) is 5.91 Å². The lowest BCUT2D eigenvalue weighted by atomic mass is 9.53. The molecule has 2 aromatic rings. The summed E-state index contributed by atoms with van der Waals surface area (Å²) in [5, 5.41) is 5.91. The quantitative estimate of drug-likeness (QED) is 0.465. The predicted octanol–water partition coefficient (Wildman–Crippen LogP) is 5.55. The molecule has 4 bridgehead atoms. The number of imide groups is 1. The first-order valence-corrected chi connectivity index (χ1v) is 13.3. The van der Waals surface area contributed by atoms with Crippen LogP contribution in [0.5, 0.6) is 17.2 Å². The molecular formula is C27H27Cl2N3O5. The molecule has 2 N–H and O–H groups in total. The van der Waals surface area contributed by atoms with Crippen LogP contribution >= 0.6 is 23.2 Å². The van der Waals surface area contributed by atoms with Crippen molar-refractivity contribution in [2.45, 2.75) is 44.1 Å². The van der Waals surface area contributed by atoms with Gasteiger partial charge in [-0.2, -0.15) is 0 Å². The fourth-order valence-corrected chi connectivity index (χ4v) is 7.62. The third kappa shape index (κ3) is 4.50. The van der Waals surface area contributed by atoms with E-state index in [0.717, 1.165) is 19.3 Å². The number of hydrogen-bond donors (Lipinski definition) is 2. The van der Waals surface area contributed by atoms with E-state index in [1.54, 1.807) is 18.2 Å². The second-order valence-electron chi connectivity index (χ2n) is 10.8. The van der Waals surface area contributed by atoms with Gasteiger partial charge in [0.1, 0.15) is 18.0 Å². The van der Waals surface area contributed by atoms with Crippen LogP contribution < -0.4 is 25.0 Å². The standard InChI is InChI=1S/C27H27Cl2N3O5/c1-36-22-3-2-18(37-24-20(28)7-17(8-21(24)29)32-13-23(33)30-26(32)35)9-19(22)25(34)31-27-10-14-4-15(11-27)6-16(5-14)12-27/h2-3,7-9,14-16H,4-6,10-13H2,1H3,(H,31,34)(H,30,33,35). The van der Waals surface area contributed by atoms with E-state index in [-0.39, 0.29) is 33.8 Å². The van der Waals surface area contributed by atoms with Crippen LogP contribution in [0.15, 0.2) is 30.3 Å². The summed E-state index contributed by atoms with van der Waals surface area (Å²) in [4.78, 5) is 38.3. The highest BCUT2D eigenvalue weighted by atomic mass is 35.5. The van der Waals surface area contributed by atoms with E-state index in [2.05, 4.69) is 10.6 Å². The zero-order valence-corrected chi connectivity index (χ0v) is 21.8. The van der Waals surface area contributed by atoms with Crippen LogP contribution in [0.1, 0.15) is 48.9 Å². The normalized spacial score (nSPS) is 27.9. The molecule has 0 unspecified atom stereocenters.